The maximum absolute atomic E-state index is 12.3. The van der Waals surface area contributed by atoms with E-state index in [0.717, 1.165) is 49.5 Å². The van der Waals surface area contributed by atoms with E-state index >= 15 is 0 Å². The second-order valence-electron chi connectivity index (χ2n) is 5.84. The van der Waals surface area contributed by atoms with E-state index in [2.05, 4.69) is 15.2 Å². The van der Waals surface area contributed by atoms with Gasteiger partial charge < -0.3 is 14.8 Å². The van der Waals surface area contributed by atoms with Crippen LogP contribution in [0.3, 0.4) is 0 Å². The van der Waals surface area contributed by atoms with Crippen molar-refractivity contribution in [2.45, 2.75) is 31.7 Å². The SMILES string of the molecule is FC(F)(F)Oc1ccc(-n2nc(C3CCCO3)c3c2NCC3)cc1. The minimum Gasteiger partial charge on any atom is -0.406 e. The molecule has 0 saturated carbocycles. The summed E-state index contributed by atoms with van der Waals surface area (Å²) >= 11 is 0. The average molecular weight is 339 g/mol. The number of rotatable bonds is 3. The molecule has 1 N–H and O–H groups in total. The standard InChI is InChI=1S/C16H16F3N3O2/c17-16(18,19)24-11-5-3-10(4-6-11)22-15-12(7-8-20-15)14(21-22)13-2-1-9-23-13/h3-6,13,20H,1-2,7-9H2. The average Bonchev–Trinajstić information content (AvgIpc) is 3.24. The number of nitrogens with one attached hydrogen (secondary N) is 1. The number of benzene rings is 1. The first-order valence-corrected chi connectivity index (χ1v) is 7.85. The number of hydrogen-bond donors (Lipinski definition) is 1. The van der Waals surface area contributed by atoms with Crippen LogP contribution < -0.4 is 10.1 Å². The van der Waals surface area contributed by atoms with Crippen molar-refractivity contribution >= 4 is 5.82 Å². The molecule has 0 spiro atoms. The maximum Gasteiger partial charge on any atom is 0.573 e. The van der Waals surface area contributed by atoms with Gasteiger partial charge in [0.25, 0.3) is 0 Å². The van der Waals surface area contributed by atoms with Crippen molar-refractivity contribution < 1.29 is 22.6 Å². The van der Waals surface area contributed by atoms with Crippen LogP contribution in [-0.4, -0.2) is 29.3 Å². The van der Waals surface area contributed by atoms with Crippen LogP contribution in [0.25, 0.3) is 5.69 Å². The molecule has 1 fully saturated rings. The Morgan fingerprint density at radius 1 is 1.25 bits per heavy atom. The van der Waals surface area contributed by atoms with Gasteiger partial charge in [0.05, 0.1) is 11.4 Å². The lowest BCUT2D eigenvalue weighted by molar-refractivity contribution is -0.274. The summed E-state index contributed by atoms with van der Waals surface area (Å²) < 4.78 is 48.1. The number of alkyl halides is 3. The Kier molecular flexibility index (Phi) is 3.64. The van der Waals surface area contributed by atoms with Gasteiger partial charge in [0.2, 0.25) is 0 Å². The Balaban J connectivity index is 1.65. The molecule has 2 aliphatic heterocycles. The molecule has 5 nitrogen and oxygen atoms in total. The van der Waals surface area contributed by atoms with Crippen molar-refractivity contribution in [1.29, 1.82) is 0 Å². The minimum atomic E-state index is -4.69. The second kappa shape index (κ2) is 5.70. The van der Waals surface area contributed by atoms with Gasteiger partial charge in [-0.25, -0.2) is 4.68 Å². The third-order valence-corrected chi connectivity index (χ3v) is 4.23. The lowest BCUT2D eigenvalue weighted by Gasteiger charge is -2.11. The number of fused-ring (bicyclic) bond motifs is 1. The molecule has 24 heavy (non-hydrogen) atoms. The number of halogens is 3. The summed E-state index contributed by atoms with van der Waals surface area (Å²) in [6.45, 7) is 1.56. The molecule has 2 aliphatic rings. The summed E-state index contributed by atoms with van der Waals surface area (Å²) in [6.07, 6.45) is -1.85. The Morgan fingerprint density at radius 2 is 2.04 bits per heavy atom. The van der Waals surface area contributed by atoms with Crippen LogP contribution in [0.5, 0.6) is 5.75 Å². The Labute approximate surface area is 136 Å². The van der Waals surface area contributed by atoms with E-state index in [1.165, 1.54) is 12.1 Å². The van der Waals surface area contributed by atoms with Gasteiger partial charge in [-0.05, 0) is 43.5 Å². The molecular formula is C16H16F3N3O2. The number of hydrogen-bond acceptors (Lipinski definition) is 4. The van der Waals surface area contributed by atoms with E-state index in [4.69, 9.17) is 4.74 Å². The Morgan fingerprint density at radius 3 is 2.71 bits per heavy atom. The molecule has 1 atom stereocenters. The van der Waals surface area contributed by atoms with Crippen LogP contribution in [0.1, 0.15) is 30.2 Å². The van der Waals surface area contributed by atoms with E-state index in [0.29, 0.717) is 5.69 Å². The van der Waals surface area contributed by atoms with Crippen molar-refractivity contribution in [2.75, 3.05) is 18.5 Å². The summed E-state index contributed by atoms with van der Waals surface area (Å²) in [5.41, 5.74) is 2.75. The highest BCUT2D eigenvalue weighted by atomic mass is 19.4. The number of ether oxygens (including phenoxy) is 2. The molecule has 1 unspecified atom stereocenters. The van der Waals surface area contributed by atoms with E-state index in [1.54, 1.807) is 16.8 Å². The maximum atomic E-state index is 12.3. The van der Waals surface area contributed by atoms with Crippen molar-refractivity contribution in [3.05, 3.63) is 35.5 Å². The number of aromatic nitrogens is 2. The Bertz CT molecular complexity index is 734. The largest absolute Gasteiger partial charge is 0.573 e. The van der Waals surface area contributed by atoms with Crippen molar-refractivity contribution in [1.82, 2.24) is 9.78 Å². The fourth-order valence-electron chi connectivity index (χ4n) is 3.23. The molecule has 0 radical (unpaired) electrons. The number of nitrogens with zero attached hydrogens (tertiary/aromatic N) is 2. The molecule has 0 aliphatic carbocycles. The lowest BCUT2D eigenvalue weighted by Crippen LogP contribution is -2.17. The first-order valence-electron chi connectivity index (χ1n) is 7.85. The molecule has 1 saturated heterocycles. The van der Waals surface area contributed by atoms with Crippen molar-refractivity contribution in [3.63, 3.8) is 0 Å². The third kappa shape index (κ3) is 2.82. The molecular weight excluding hydrogens is 323 g/mol. The molecule has 1 aromatic carbocycles. The fraction of sp³-hybridized carbons (Fsp3) is 0.438. The predicted octanol–water partition coefficient (Wildman–Crippen LogP) is 3.59. The molecule has 4 rings (SSSR count). The molecule has 8 heteroatoms. The van der Waals surface area contributed by atoms with E-state index < -0.39 is 6.36 Å². The summed E-state index contributed by atoms with van der Waals surface area (Å²) in [5.74, 6) is 0.646. The summed E-state index contributed by atoms with van der Waals surface area (Å²) in [5, 5.41) is 7.95. The molecule has 0 amide bonds. The van der Waals surface area contributed by atoms with Crippen LogP contribution >= 0.6 is 0 Å². The monoisotopic (exact) mass is 339 g/mol. The first-order chi connectivity index (χ1) is 11.5. The van der Waals surface area contributed by atoms with E-state index in [9.17, 15) is 13.2 Å². The molecule has 3 heterocycles. The highest BCUT2D eigenvalue weighted by Gasteiger charge is 2.32. The van der Waals surface area contributed by atoms with Crippen LogP contribution in [0.4, 0.5) is 19.0 Å². The normalized spacial score (nSPS) is 20.0. The smallest absolute Gasteiger partial charge is 0.406 e. The van der Waals surface area contributed by atoms with Crippen LogP contribution in [0, 0.1) is 0 Å². The molecule has 1 aromatic heterocycles. The molecule has 128 valence electrons. The van der Waals surface area contributed by atoms with Crippen LogP contribution in [-0.2, 0) is 11.2 Å². The summed E-state index contributed by atoms with van der Waals surface area (Å²) in [7, 11) is 0. The summed E-state index contributed by atoms with van der Waals surface area (Å²) in [6, 6.07) is 5.70. The minimum absolute atomic E-state index is 0.00716. The van der Waals surface area contributed by atoms with Gasteiger partial charge in [-0.3, -0.25) is 0 Å². The van der Waals surface area contributed by atoms with Gasteiger partial charge in [-0.1, -0.05) is 0 Å². The zero-order chi connectivity index (χ0) is 16.7. The zero-order valence-electron chi connectivity index (χ0n) is 12.8. The zero-order valence-corrected chi connectivity index (χ0v) is 12.8. The fourth-order valence-corrected chi connectivity index (χ4v) is 3.23. The van der Waals surface area contributed by atoms with Gasteiger partial charge in [0.15, 0.2) is 0 Å². The topological polar surface area (TPSA) is 48.3 Å². The molecule has 2 aromatic rings. The molecule has 0 bridgehead atoms. The van der Waals surface area contributed by atoms with Crippen LogP contribution in [0.15, 0.2) is 24.3 Å². The van der Waals surface area contributed by atoms with Gasteiger partial charge in [0.1, 0.15) is 17.7 Å². The van der Waals surface area contributed by atoms with E-state index in [-0.39, 0.29) is 11.9 Å². The highest BCUT2D eigenvalue weighted by molar-refractivity contribution is 5.57. The number of anilines is 1. The van der Waals surface area contributed by atoms with Crippen molar-refractivity contribution in [3.8, 4) is 11.4 Å². The van der Waals surface area contributed by atoms with Crippen LogP contribution in [0.2, 0.25) is 0 Å². The van der Waals surface area contributed by atoms with Gasteiger partial charge in [-0.2, -0.15) is 5.10 Å². The third-order valence-electron chi connectivity index (χ3n) is 4.23. The quantitative estimate of drug-likeness (QED) is 0.928. The van der Waals surface area contributed by atoms with Crippen molar-refractivity contribution in [2.24, 2.45) is 0 Å². The first kappa shape index (κ1) is 15.3. The van der Waals surface area contributed by atoms with Gasteiger partial charge >= 0.3 is 6.36 Å². The van der Waals surface area contributed by atoms with E-state index in [1.807, 2.05) is 0 Å². The lowest BCUT2D eigenvalue weighted by atomic mass is 10.1. The summed E-state index contributed by atoms with van der Waals surface area (Å²) in [4.78, 5) is 0. The second-order valence-corrected chi connectivity index (χ2v) is 5.84. The van der Waals surface area contributed by atoms with Gasteiger partial charge in [0, 0.05) is 18.7 Å². The van der Waals surface area contributed by atoms with Gasteiger partial charge in [-0.15, -0.1) is 13.2 Å². The Hall–Kier alpha value is -2.22. The highest BCUT2D eigenvalue weighted by Crippen LogP contribution is 2.37. The predicted molar refractivity (Wildman–Crippen MR) is 80.4 cm³/mol.